The van der Waals surface area contributed by atoms with E-state index in [1.165, 1.54) is 16.6 Å². The standard InChI is InChI=1S/C30H32N4O3/c35-30(17-20-32-18-15-24(16-19-32)21-23-9-3-1-4-10-23)33-29(26-13-7-8-14-28(26)34(36)37)22-27(31-33)25-11-5-2-6-12-25/h1-14,24,29H,15-22H2/t29-/m1/s1. The molecule has 1 saturated heterocycles. The van der Waals surface area contributed by atoms with E-state index in [1.807, 2.05) is 30.3 Å². The zero-order valence-electron chi connectivity index (χ0n) is 20.9. The van der Waals surface area contributed by atoms with Crippen LogP contribution in [-0.4, -0.2) is 46.1 Å². The minimum Gasteiger partial charge on any atom is -0.303 e. The van der Waals surface area contributed by atoms with Crippen molar-refractivity contribution in [2.45, 2.75) is 38.1 Å². The molecule has 0 unspecified atom stereocenters. The summed E-state index contributed by atoms with van der Waals surface area (Å²) in [5.41, 5.74) is 3.64. The summed E-state index contributed by atoms with van der Waals surface area (Å²) in [5, 5.41) is 17.9. The summed E-state index contributed by atoms with van der Waals surface area (Å²) in [7, 11) is 0. The van der Waals surface area contributed by atoms with Gasteiger partial charge in [-0.25, -0.2) is 5.01 Å². The van der Waals surface area contributed by atoms with Gasteiger partial charge in [0.1, 0.15) is 0 Å². The summed E-state index contributed by atoms with van der Waals surface area (Å²) in [6.07, 6.45) is 4.15. The molecule has 3 aromatic rings. The minimum atomic E-state index is -0.485. The molecule has 7 nitrogen and oxygen atoms in total. The molecule has 37 heavy (non-hydrogen) atoms. The number of nitro groups is 1. The van der Waals surface area contributed by atoms with Gasteiger partial charge in [0.25, 0.3) is 5.69 Å². The van der Waals surface area contributed by atoms with Crippen molar-refractivity contribution in [3.63, 3.8) is 0 Å². The maximum atomic E-state index is 13.5. The number of para-hydroxylation sites is 1. The van der Waals surface area contributed by atoms with Crippen LogP contribution >= 0.6 is 0 Å². The van der Waals surface area contributed by atoms with Gasteiger partial charge in [-0.15, -0.1) is 0 Å². The summed E-state index contributed by atoms with van der Waals surface area (Å²) in [6.45, 7) is 2.64. The molecule has 0 aliphatic carbocycles. The van der Waals surface area contributed by atoms with Crippen molar-refractivity contribution in [3.05, 3.63) is 112 Å². The average molecular weight is 497 g/mol. The van der Waals surface area contributed by atoms with Gasteiger partial charge in [0.2, 0.25) is 5.91 Å². The van der Waals surface area contributed by atoms with Crippen molar-refractivity contribution in [2.24, 2.45) is 11.0 Å². The monoisotopic (exact) mass is 496 g/mol. The van der Waals surface area contributed by atoms with Crippen molar-refractivity contribution in [3.8, 4) is 0 Å². The van der Waals surface area contributed by atoms with Crippen LogP contribution in [0.2, 0.25) is 0 Å². The summed E-state index contributed by atoms with van der Waals surface area (Å²) >= 11 is 0. The fourth-order valence-corrected chi connectivity index (χ4v) is 5.45. The maximum Gasteiger partial charge on any atom is 0.274 e. The highest BCUT2D eigenvalue weighted by atomic mass is 16.6. The van der Waals surface area contributed by atoms with Gasteiger partial charge in [-0.05, 0) is 55.5 Å². The Morgan fingerprint density at radius 3 is 2.27 bits per heavy atom. The number of benzene rings is 3. The number of nitro benzene ring substituents is 1. The molecule has 2 heterocycles. The summed E-state index contributed by atoms with van der Waals surface area (Å²) in [5.74, 6) is 0.578. The number of hydrogen-bond donors (Lipinski definition) is 0. The van der Waals surface area contributed by atoms with Crippen LogP contribution in [0.1, 0.15) is 48.4 Å². The molecule has 0 bridgehead atoms. The second-order valence-corrected chi connectivity index (χ2v) is 9.91. The molecular weight excluding hydrogens is 464 g/mol. The van der Waals surface area contributed by atoms with Crippen molar-refractivity contribution in [2.75, 3.05) is 19.6 Å². The molecule has 2 aliphatic heterocycles. The van der Waals surface area contributed by atoms with Gasteiger partial charge in [-0.3, -0.25) is 14.9 Å². The summed E-state index contributed by atoms with van der Waals surface area (Å²) in [6, 6.07) is 26.5. The van der Waals surface area contributed by atoms with E-state index >= 15 is 0 Å². The van der Waals surface area contributed by atoms with Crippen molar-refractivity contribution in [1.29, 1.82) is 0 Å². The summed E-state index contributed by atoms with van der Waals surface area (Å²) < 4.78 is 0. The number of nitrogens with zero attached hydrogens (tertiary/aromatic N) is 4. The van der Waals surface area contributed by atoms with E-state index in [0.717, 1.165) is 43.6 Å². The lowest BCUT2D eigenvalue weighted by atomic mass is 9.90. The highest BCUT2D eigenvalue weighted by molar-refractivity contribution is 6.03. The lowest BCUT2D eigenvalue weighted by Gasteiger charge is -2.32. The number of amides is 1. The highest BCUT2D eigenvalue weighted by Crippen LogP contribution is 2.37. The second-order valence-electron chi connectivity index (χ2n) is 9.91. The van der Waals surface area contributed by atoms with Gasteiger partial charge in [-0.1, -0.05) is 72.8 Å². The zero-order chi connectivity index (χ0) is 25.6. The lowest BCUT2D eigenvalue weighted by Crippen LogP contribution is -2.37. The molecular formula is C30H32N4O3. The lowest BCUT2D eigenvalue weighted by molar-refractivity contribution is -0.385. The van der Waals surface area contributed by atoms with Crippen LogP contribution in [0.5, 0.6) is 0 Å². The van der Waals surface area contributed by atoms with Gasteiger partial charge in [0.05, 0.1) is 22.2 Å². The zero-order valence-corrected chi connectivity index (χ0v) is 20.9. The Balaban J connectivity index is 1.25. The Hall–Kier alpha value is -3.84. The van der Waals surface area contributed by atoms with Crippen LogP contribution in [0.25, 0.3) is 0 Å². The predicted octanol–water partition coefficient (Wildman–Crippen LogP) is 5.62. The number of rotatable bonds is 8. The third kappa shape index (κ3) is 5.94. The topological polar surface area (TPSA) is 79.0 Å². The first-order chi connectivity index (χ1) is 18.1. The minimum absolute atomic E-state index is 0.0234. The predicted molar refractivity (Wildman–Crippen MR) is 144 cm³/mol. The van der Waals surface area contributed by atoms with Gasteiger partial charge in [0.15, 0.2) is 0 Å². The van der Waals surface area contributed by atoms with E-state index in [1.54, 1.807) is 18.2 Å². The van der Waals surface area contributed by atoms with Crippen molar-refractivity contribution < 1.29 is 9.72 Å². The molecule has 1 amide bonds. The van der Waals surface area contributed by atoms with Gasteiger partial charge >= 0.3 is 0 Å². The molecule has 7 heteroatoms. The average Bonchev–Trinajstić information content (AvgIpc) is 3.39. The molecule has 0 aromatic heterocycles. The number of piperidine rings is 1. The number of carbonyl (C=O) groups excluding carboxylic acids is 1. The SMILES string of the molecule is O=C(CCN1CCC(Cc2ccccc2)CC1)N1N=C(c2ccccc2)C[C@@H]1c1ccccc1[N+](=O)[O-]. The Morgan fingerprint density at radius 2 is 1.57 bits per heavy atom. The molecule has 0 spiro atoms. The Kier molecular flexibility index (Phi) is 7.70. The van der Waals surface area contributed by atoms with Crippen LogP contribution in [0.15, 0.2) is 90.0 Å². The smallest absolute Gasteiger partial charge is 0.274 e. The molecule has 0 N–H and O–H groups in total. The van der Waals surface area contributed by atoms with Crippen LogP contribution < -0.4 is 0 Å². The van der Waals surface area contributed by atoms with E-state index in [0.29, 0.717) is 30.9 Å². The molecule has 3 aromatic carbocycles. The van der Waals surface area contributed by atoms with Gasteiger partial charge < -0.3 is 4.90 Å². The Bertz CT molecular complexity index is 1250. The molecule has 0 saturated carbocycles. The first-order valence-corrected chi connectivity index (χ1v) is 13.0. The number of carbonyl (C=O) groups is 1. The first-order valence-electron chi connectivity index (χ1n) is 13.0. The molecule has 1 fully saturated rings. The van der Waals surface area contributed by atoms with Crippen LogP contribution in [0.4, 0.5) is 5.69 Å². The number of hydrogen-bond acceptors (Lipinski definition) is 5. The molecule has 1 atom stereocenters. The third-order valence-corrected chi connectivity index (χ3v) is 7.48. The molecule has 2 aliphatic rings. The fourth-order valence-electron chi connectivity index (χ4n) is 5.45. The largest absolute Gasteiger partial charge is 0.303 e. The van der Waals surface area contributed by atoms with Crippen molar-refractivity contribution in [1.82, 2.24) is 9.91 Å². The van der Waals surface area contributed by atoms with E-state index < -0.39 is 6.04 Å². The second kappa shape index (κ2) is 11.5. The highest BCUT2D eigenvalue weighted by Gasteiger charge is 2.36. The van der Waals surface area contributed by atoms with E-state index in [-0.39, 0.29) is 16.5 Å². The fraction of sp³-hybridized carbons (Fsp3) is 0.333. The number of likely N-dealkylation sites (tertiary alicyclic amines) is 1. The van der Waals surface area contributed by atoms with E-state index in [2.05, 4.69) is 35.2 Å². The Morgan fingerprint density at radius 1 is 0.919 bits per heavy atom. The molecule has 190 valence electrons. The van der Waals surface area contributed by atoms with Gasteiger partial charge in [-0.2, -0.15) is 5.10 Å². The van der Waals surface area contributed by atoms with Gasteiger partial charge in [0, 0.05) is 25.5 Å². The molecule has 0 radical (unpaired) electrons. The van der Waals surface area contributed by atoms with Crippen LogP contribution in [0.3, 0.4) is 0 Å². The third-order valence-electron chi connectivity index (χ3n) is 7.48. The first kappa shape index (κ1) is 24.8. The van der Waals surface area contributed by atoms with E-state index in [4.69, 9.17) is 5.10 Å². The maximum absolute atomic E-state index is 13.5. The number of hydrazone groups is 1. The molecule has 5 rings (SSSR count). The quantitative estimate of drug-likeness (QED) is 0.300. The van der Waals surface area contributed by atoms with Crippen LogP contribution in [0, 0.1) is 16.0 Å². The summed E-state index contributed by atoms with van der Waals surface area (Å²) in [4.78, 5) is 27.2. The normalized spacial score (nSPS) is 18.5. The van der Waals surface area contributed by atoms with Crippen LogP contribution in [-0.2, 0) is 11.2 Å². The Labute approximate surface area is 217 Å². The van der Waals surface area contributed by atoms with Crippen molar-refractivity contribution >= 4 is 17.3 Å². The van der Waals surface area contributed by atoms with E-state index in [9.17, 15) is 14.9 Å².